The number of ether oxygens (including phenoxy) is 1. The lowest BCUT2D eigenvalue weighted by Gasteiger charge is -2.28. The van der Waals surface area contributed by atoms with E-state index in [-0.39, 0.29) is 13.2 Å². The Morgan fingerprint density at radius 3 is 2.47 bits per heavy atom. The average molecular weight is 413 g/mol. The molecule has 0 radical (unpaired) electrons. The highest BCUT2D eigenvalue weighted by atomic mass is 16.5. The van der Waals surface area contributed by atoms with Gasteiger partial charge in [-0.2, -0.15) is 4.98 Å². The quantitative estimate of drug-likeness (QED) is 0.644. The summed E-state index contributed by atoms with van der Waals surface area (Å²) in [4.78, 5) is 32.1. The highest BCUT2D eigenvalue weighted by molar-refractivity contribution is 5.74. The minimum atomic E-state index is -0.854. The van der Waals surface area contributed by atoms with Crippen LogP contribution in [0.2, 0.25) is 0 Å². The van der Waals surface area contributed by atoms with Crippen molar-refractivity contribution >= 4 is 17.1 Å². The fraction of sp³-hybridized carbons (Fsp3) is 0.476. The molecule has 1 aromatic carbocycles. The number of hydrogen-bond donors (Lipinski definition) is 1. The first-order valence-electron chi connectivity index (χ1n) is 10.2. The summed E-state index contributed by atoms with van der Waals surface area (Å²) >= 11 is 0. The second-order valence-corrected chi connectivity index (χ2v) is 7.73. The molecular formula is C21H27N5O4. The van der Waals surface area contributed by atoms with Crippen LogP contribution in [0.15, 0.2) is 39.9 Å². The Morgan fingerprint density at radius 1 is 1.07 bits per heavy atom. The molecule has 3 aromatic rings. The summed E-state index contributed by atoms with van der Waals surface area (Å²) in [6, 6.07) is 9.27. The molecule has 3 heterocycles. The Labute approximate surface area is 173 Å². The fourth-order valence-electron chi connectivity index (χ4n) is 3.92. The average Bonchev–Trinajstić information content (AvgIpc) is 3.15. The van der Waals surface area contributed by atoms with Crippen LogP contribution in [-0.2, 0) is 20.6 Å². The maximum Gasteiger partial charge on any atom is 0.332 e. The number of hydrogen-bond acceptors (Lipinski definition) is 6. The van der Waals surface area contributed by atoms with Crippen molar-refractivity contribution in [2.24, 2.45) is 14.1 Å². The van der Waals surface area contributed by atoms with Gasteiger partial charge in [-0.3, -0.25) is 13.9 Å². The van der Waals surface area contributed by atoms with Gasteiger partial charge < -0.3 is 19.3 Å². The van der Waals surface area contributed by atoms with Crippen LogP contribution >= 0.6 is 0 Å². The summed E-state index contributed by atoms with van der Waals surface area (Å²) in [5, 5.41) is 10.7. The van der Waals surface area contributed by atoms with Crippen molar-refractivity contribution in [2.75, 3.05) is 24.6 Å². The van der Waals surface area contributed by atoms with Crippen LogP contribution in [0.5, 0.6) is 5.75 Å². The maximum absolute atomic E-state index is 12.9. The number of aliphatic hydroxyl groups excluding tert-OH is 1. The first kappa shape index (κ1) is 20.2. The molecular weight excluding hydrogens is 386 g/mol. The van der Waals surface area contributed by atoms with E-state index >= 15 is 0 Å². The third kappa shape index (κ3) is 3.72. The molecule has 9 nitrogen and oxygen atoms in total. The van der Waals surface area contributed by atoms with Gasteiger partial charge in [0.2, 0.25) is 5.95 Å². The number of aromatic nitrogens is 4. The molecule has 1 aliphatic rings. The minimum Gasteiger partial charge on any atom is -0.491 e. The Kier molecular flexibility index (Phi) is 5.63. The second-order valence-electron chi connectivity index (χ2n) is 7.73. The van der Waals surface area contributed by atoms with E-state index < -0.39 is 17.4 Å². The topological polar surface area (TPSA) is 94.5 Å². The van der Waals surface area contributed by atoms with Gasteiger partial charge in [-0.1, -0.05) is 18.2 Å². The number of piperidine rings is 1. The smallest absolute Gasteiger partial charge is 0.332 e. The van der Waals surface area contributed by atoms with Gasteiger partial charge >= 0.3 is 5.69 Å². The molecule has 0 bridgehead atoms. The van der Waals surface area contributed by atoms with E-state index in [1.165, 1.54) is 11.6 Å². The Bertz CT molecular complexity index is 1140. The molecule has 1 N–H and O–H groups in total. The predicted octanol–water partition coefficient (Wildman–Crippen LogP) is 0.864. The number of aliphatic hydroxyl groups is 1. The fourth-order valence-corrected chi connectivity index (χ4v) is 3.92. The Morgan fingerprint density at radius 2 is 1.77 bits per heavy atom. The zero-order valence-electron chi connectivity index (χ0n) is 17.3. The number of fused-ring (bicyclic) bond motifs is 1. The molecule has 30 heavy (non-hydrogen) atoms. The summed E-state index contributed by atoms with van der Waals surface area (Å²) in [7, 11) is 3.06. The molecule has 1 aliphatic heterocycles. The van der Waals surface area contributed by atoms with E-state index in [1.807, 2.05) is 30.3 Å². The van der Waals surface area contributed by atoms with E-state index in [0.29, 0.717) is 22.9 Å². The zero-order chi connectivity index (χ0) is 21.3. The molecule has 2 aromatic heterocycles. The molecule has 1 atom stereocenters. The van der Waals surface area contributed by atoms with Crippen LogP contribution in [0.1, 0.15) is 19.3 Å². The van der Waals surface area contributed by atoms with Gasteiger partial charge in [-0.05, 0) is 31.4 Å². The zero-order valence-corrected chi connectivity index (χ0v) is 17.3. The lowest BCUT2D eigenvalue weighted by Crippen LogP contribution is -2.38. The largest absolute Gasteiger partial charge is 0.491 e. The van der Waals surface area contributed by atoms with Gasteiger partial charge in [-0.15, -0.1) is 0 Å². The number of benzene rings is 1. The number of aryl methyl sites for hydroxylation is 1. The van der Waals surface area contributed by atoms with Gasteiger partial charge in [0.1, 0.15) is 18.5 Å². The highest BCUT2D eigenvalue weighted by Crippen LogP contribution is 2.23. The van der Waals surface area contributed by atoms with Crippen molar-refractivity contribution in [3.63, 3.8) is 0 Å². The maximum atomic E-state index is 12.9. The van der Waals surface area contributed by atoms with E-state index in [1.54, 1.807) is 11.6 Å². The monoisotopic (exact) mass is 413 g/mol. The van der Waals surface area contributed by atoms with Crippen molar-refractivity contribution in [2.45, 2.75) is 31.9 Å². The summed E-state index contributed by atoms with van der Waals surface area (Å²) in [6.07, 6.45) is 2.39. The lowest BCUT2D eigenvalue weighted by atomic mass is 10.1. The van der Waals surface area contributed by atoms with Crippen molar-refractivity contribution < 1.29 is 9.84 Å². The Balaban J connectivity index is 1.72. The SMILES string of the molecule is Cn1c(=O)c2c(nc(N3CCCCC3)n2C[C@@H](O)COc2ccccc2)n(C)c1=O. The molecule has 160 valence electrons. The van der Waals surface area contributed by atoms with E-state index in [9.17, 15) is 14.7 Å². The van der Waals surface area contributed by atoms with E-state index in [0.717, 1.165) is 36.9 Å². The summed E-state index contributed by atoms with van der Waals surface area (Å²) in [5.74, 6) is 1.28. The number of anilines is 1. The Hall–Kier alpha value is -3.07. The number of imidazole rings is 1. The van der Waals surface area contributed by atoms with Crippen molar-refractivity contribution in [3.05, 3.63) is 51.2 Å². The van der Waals surface area contributed by atoms with Gasteiger partial charge in [0.15, 0.2) is 11.2 Å². The van der Waals surface area contributed by atoms with Crippen molar-refractivity contribution in [3.8, 4) is 5.75 Å². The van der Waals surface area contributed by atoms with Gasteiger partial charge in [-0.25, -0.2) is 4.79 Å². The standard InChI is InChI=1S/C21H27N5O4/c1-23-18-17(19(28)24(2)21(23)29)26(20(22-18)25-11-7-4-8-12-25)13-15(27)14-30-16-9-5-3-6-10-16/h3,5-6,9-10,15,27H,4,7-8,11-14H2,1-2H3/t15-/m1/s1. The van der Waals surface area contributed by atoms with Crippen LogP contribution in [0.4, 0.5) is 5.95 Å². The van der Waals surface area contributed by atoms with E-state index in [2.05, 4.69) is 9.88 Å². The number of rotatable bonds is 6. The summed E-state index contributed by atoms with van der Waals surface area (Å²) < 4.78 is 9.87. The first-order valence-corrected chi connectivity index (χ1v) is 10.2. The van der Waals surface area contributed by atoms with Crippen molar-refractivity contribution in [1.29, 1.82) is 0 Å². The minimum absolute atomic E-state index is 0.0786. The highest BCUT2D eigenvalue weighted by Gasteiger charge is 2.25. The molecule has 0 unspecified atom stereocenters. The van der Waals surface area contributed by atoms with Gasteiger partial charge in [0.05, 0.1) is 6.54 Å². The molecule has 1 saturated heterocycles. The third-order valence-corrected chi connectivity index (χ3v) is 5.55. The van der Waals surface area contributed by atoms with Crippen LogP contribution in [0.25, 0.3) is 11.2 Å². The summed E-state index contributed by atoms with van der Waals surface area (Å²) in [6.45, 7) is 1.88. The van der Waals surface area contributed by atoms with E-state index in [4.69, 9.17) is 4.74 Å². The number of nitrogens with zero attached hydrogens (tertiary/aromatic N) is 5. The van der Waals surface area contributed by atoms with Crippen LogP contribution in [0.3, 0.4) is 0 Å². The molecule has 0 aliphatic carbocycles. The molecule has 0 saturated carbocycles. The first-order chi connectivity index (χ1) is 14.5. The lowest BCUT2D eigenvalue weighted by molar-refractivity contribution is 0.0936. The number of para-hydroxylation sites is 1. The molecule has 9 heteroatoms. The molecule has 1 fully saturated rings. The van der Waals surface area contributed by atoms with Gasteiger partial charge in [0.25, 0.3) is 5.56 Å². The molecule has 0 amide bonds. The third-order valence-electron chi connectivity index (χ3n) is 5.55. The predicted molar refractivity (Wildman–Crippen MR) is 114 cm³/mol. The van der Waals surface area contributed by atoms with Crippen LogP contribution in [-0.4, -0.2) is 49.6 Å². The van der Waals surface area contributed by atoms with Crippen molar-refractivity contribution in [1.82, 2.24) is 18.7 Å². The second kappa shape index (κ2) is 8.35. The van der Waals surface area contributed by atoms with Crippen LogP contribution in [0, 0.1) is 0 Å². The van der Waals surface area contributed by atoms with Gasteiger partial charge in [0, 0.05) is 27.2 Å². The molecule has 0 spiro atoms. The van der Waals surface area contributed by atoms with Crippen LogP contribution < -0.4 is 20.9 Å². The summed E-state index contributed by atoms with van der Waals surface area (Å²) in [5.41, 5.74) is -0.186. The normalized spacial score (nSPS) is 15.5. The molecule has 4 rings (SSSR count).